The molecule has 1 aromatic heterocycles. The van der Waals surface area contributed by atoms with Gasteiger partial charge in [0.25, 0.3) is 5.91 Å². The van der Waals surface area contributed by atoms with Gasteiger partial charge < -0.3 is 10.6 Å². The highest BCUT2D eigenvalue weighted by molar-refractivity contribution is 8.18. The van der Waals surface area contributed by atoms with Gasteiger partial charge in [-0.25, -0.2) is 4.99 Å². The van der Waals surface area contributed by atoms with Crippen LogP contribution in [0.2, 0.25) is 5.02 Å². The van der Waals surface area contributed by atoms with Crippen molar-refractivity contribution in [3.05, 3.63) is 81.0 Å². The molecule has 3 aromatic rings. The minimum Gasteiger partial charge on any atom is -0.313 e. The minimum atomic E-state index is -4.52. The van der Waals surface area contributed by atoms with Gasteiger partial charge in [-0.05, 0) is 71.8 Å². The number of rotatable bonds is 4. The Balaban J connectivity index is 1.37. The number of fused-ring (bicyclic) bond motifs is 1. The lowest BCUT2D eigenvalue weighted by atomic mass is 10.1. The molecule has 11 heteroatoms. The Morgan fingerprint density at radius 1 is 1.23 bits per heavy atom. The standard InChI is InChI=1S/C24H19ClF3N5OS/c25-18-3-2-16(19(9-18)24(26,27)28)13-33-20-4-1-14(7-17(20)12-31-33)8-21-22(34)32-23(35-21)30-11-15-5-6-29-10-15/h1-4,7-9,11-12,29H,5-6,10,13H2,(H,30,32,34)/b15-11-,21-8-. The van der Waals surface area contributed by atoms with E-state index in [0.29, 0.717) is 15.6 Å². The van der Waals surface area contributed by atoms with Crippen LogP contribution < -0.4 is 10.6 Å². The van der Waals surface area contributed by atoms with Crippen LogP contribution in [0.25, 0.3) is 17.0 Å². The fourth-order valence-corrected chi connectivity index (χ4v) is 4.89. The minimum absolute atomic E-state index is 0.0262. The summed E-state index contributed by atoms with van der Waals surface area (Å²) in [6.07, 6.45) is 1.56. The van der Waals surface area contributed by atoms with Gasteiger partial charge in [0, 0.05) is 23.2 Å². The van der Waals surface area contributed by atoms with Gasteiger partial charge >= 0.3 is 6.18 Å². The molecule has 2 N–H and O–H groups in total. The Bertz CT molecular complexity index is 1400. The van der Waals surface area contributed by atoms with Crippen molar-refractivity contribution in [2.24, 2.45) is 4.99 Å². The second-order valence-corrected chi connectivity index (χ2v) is 9.60. The van der Waals surface area contributed by atoms with Crippen LogP contribution in [0.4, 0.5) is 13.2 Å². The van der Waals surface area contributed by atoms with Crippen molar-refractivity contribution >= 4 is 51.4 Å². The molecule has 180 valence electrons. The zero-order chi connectivity index (χ0) is 24.6. The van der Waals surface area contributed by atoms with E-state index >= 15 is 0 Å². The van der Waals surface area contributed by atoms with E-state index in [4.69, 9.17) is 11.6 Å². The van der Waals surface area contributed by atoms with Gasteiger partial charge in [-0.15, -0.1) is 0 Å². The van der Waals surface area contributed by atoms with E-state index in [0.717, 1.165) is 36.5 Å². The number of amidine groups is 1. The molecule has 0 aliphatic carbocycles. The number of thioether (sulfide) groups is 1. The van der Waals surface area contributed by atoms with E-state index in [1.54, 1.807) is 30.6 Å². The van der Waals surface area contributed by atoms with Gasteiger partial charge in [0.1, 0.15) is 0 Å². The van der Waals surface area contributed by atoms with Gasteiger partial charge in [0.2, 0.25) is 0 Å². The molecule has 35 heavy (non-hydrogen) atoms. The highest BCUT2D eigenvalue weighted by atomic mass is 35.5. The van der Waals surface area contributed by atoms with Crippen LogP contribution in [0.15, 0.2) is 64.3 Å². The van der Waals surface area contributed by atoms with Crippen LogP contribution >= 0.6 is 23.4 Å². The van der Waals surface area contributed by atoms with Crippen LogP contribution in [0.5, 0.6) is 0 Å². The molecule has 0 bridgehead atoms. The summed E-state index contributed by atoms with van der Waals surface area (Å²) in [5.41, 5.74) is 1.94. The van der Waals surface area contributed by atoms with Crippen molar-refractivity contribution in [2.45, 2.75) is 19.1 Å². The number of benzene rings is 2. The summed E-state index contributed by atoms with van der Waals surface area (Å²) in [6.45, 7) is 1.68. The molecule has 3 heterocycles. The van der Waals surface area contributed by atoms with Crippen molar-refractivity contribution in [3.8, 4) is 0 Å². The third-order valence-corrected chi connectivity index (χ3v) is 6.81. The molecule has 1 amide bonds. The summed E-state index contributed by atoms with van der Waals surface area (Å²) >= 11 is 7.04. The van der Waals surface area contributed by atoms with Gasteiger partial charge in [-0.2, -0.15) is 18.3 Å². The fraction of sp³-hybridized carbons (Fsp3) is 0.208. The number of amides is 1. The van der Waals surface area contributed by atoms with E-state index in [-0.39, 0.29) is 23.0 Å². The molecule has 6 nitrogen and oxygen atoms in total. The van der Waals surface area contributed by atoms with Crippen LogP contribution in [0.1, 0.15) is 23.1 Å². The molecule has 2 fully saturated rings. The molecule has 2 saturated heterocycles. The lowest BCUT2D eigenvalue weighted by molar-refractivity contribution is -0.138. The Labute approximate surface area is 207 Å². The average molecular weight is 518 g/mol. The molecular weight excluding hydrogens is 499 g/mol. The molecule has 0 atom stereocenters. The van der Waals surface area contributed by atoms with Crippen LogP contribution in [0.3, 0.4) is 0 Å². The summed E-state index contributed by atoms with van der Waals surface area (Å²) in [5.74, 6) is -0.227. The summed E-state index contributed by atoms with van der Waals surface area (Å²) in [5, 5.41) is 11.6. The number of aliphatic imine (C=N–C) groups is 1. The van der Waals surface area contributed by atoms with E-state index < -0.39 is 11.7 Å². The average Bonchev–Trinajstić information content (AvgIpc) is 3.54. The van der Waals surface area contributed by atoms with E-state index in [9.17, 15) is 18.0 Å². The smallest absolute Gasteiger partial charge is 0.313 e. The number of hydrogen-bond donors (Lipinski definition) is 2. The zero-order valence-electron chi connectivity index (χ0n) is 18.2. The van der Waals surface area contributed by atoms with E-state index in [1.807, 2.05) is 6.07 Å². The first-order chi connectivity index (χ1) is 16.8. The molecule has 0 radical (unpaired) electrons. The molecule has 5 rings (SSSR count). The number of carbonyl (C=O) groups excluding carboxylic acids is 1. The topological polar surface area (TPSA) is 71.3 Å². The summed E-state index contributed by atoms with van der Waals surface area (Å²) in [7, 11) is 0. The number of halogens is 4. The second-order valence-electron chi connectivity index (χ2n) is 8.13. The predicted octanol–water partition coefficient (Wildman–Crippen LogP) is 5.19. The lowest BCUT2D eigenvalue weighted by Crippen LogP contribution is -2.19. The van der Waals surface area contributed by atoms with Crippen LogP contribution in [0, 0.1) is 0 Å². The monoisotopic (exact) mass is 517 g/mol. The maximum Gasteiger partial charge on any atom is 0.416 e. The second kappa shape index (κ2) is 9.52. The van der Waals surface area contributed by atoms with Crippen molar-refractivity contribution in [1.29, 1.82) is 0 Å². The molecular formula is C24H19ClF3N5OS. The maximum absolute atomic E-state index is 13.5. The number of nitrogens with zero attached hydrogens (tertiary/aromatic N) is 3. The van der Waals surface area contributed by atoms with Gasteiger partial charge in [0.05, 0.1) is 28.7 Å². The third-order valence-electron chi connectivity index (χ3n) is 5.65. The highest BCUT2D eigenvalue weighted by Gasteiger charge is 2.33. The van der Waals surface area contributed by atoms with Crippen molar-refractivity contribution < 1.29 is 18.0 Å². The summed E-state index contributed by atoms with van der Waals surface area (Å²) in [4.78, 5) is 17.2. The quantitative estimate of drug-likeness (QED) is 0.467. The van der Waals surface area contributed by atoms with Crippen molar-refractivity contribution in [1.82, 2.24) is 20.4 Å². The van der Waals surface area contributed by atoms with Crippen LogP contribution in [-0.4, -0.2) is 33.9 Å². The zero-order valence-corrected chi connectivity index (χ0v) is 19.8. The Morgan fingerprint density at radius 3 is 2.86 bits per heavy atom. The number of nitrogens with one attached hydrogen (secondary N) is 2. The lowest BCUT2D eigenvalue weighted by Gasteiger charge is -2.14. The van der Waals surface area contributed by atoms with E-state index in [2.05, 4.69) is 20.7 Å². The van der Waals surface area contributed by atoms with E-state index in [1.165, 1.54) is 34.1 Å². The molecule has 2 aliphatic rings. The SMILES string of the molecule is O=C1NC(=N/C=C2/CCNC2)S/C1=C\c1ccc2c(cnn2Cc2ccc(Cl)cc2C(F)(F)F)c1. The molecule has 0 unspecified atom stereocenters. The highest BCUT2D eigenvalue weighted by Crippen LogP contribution is 2.34. The largest absolute Gasteiger partial charge is 0.416 e. The van der Waals surface area contributed by atoms with Gasteiger partial charge in [-0.3, -0.25) is 9.48 Å². The van der Waals surface area contributed by atoms with Gasteiger partial charge in [0.15, 0.2) is 5.17 Å². The predicted molar refractivity (Wildman–Crippen MR) is 132 cm³/mol. The van der Waals surface area contributed by atoms with Crippen molar-refractivity contribution in [2.75, 3.05) is 13.1 Å². The molecule has 0 spiro atoms. The molecule has 0 saturated carbocycles. The van der Waals surface area contributed by atoms with Gasteiger partial charge in [-0.1, -0.05) is 23.7 Å². The molecule has 2 aromatic carbocycles. The fourth-order valence-electron chi connectivity index (χ4n) is 3.92. The normalized spacial score (nSPS) is 20.0. The molecule has 2 aliphatic heterocycles. The Morgan fingerprint density at radius 2 is 2.09 bits per heavy atom. The maximum atomic E-state index is 13.5. The number of aromatic nitrogens is 2. The number of carbonyl (C=O) groups is 1. The van der Waals surface area contributed by atoms with Crippen LogP contribution in [-0.2, 0) is 17.5 Å². The first kappa shape index (κ1) is 23.7. The van der Waals surface area contributed by atoms with Crippen molar-refractivity contribution in [3.63, 3.8) is 0 Å². The first-order valence-corrected chi connectivity index (χ1v) is 11.9. The number of alkyl halides is 3. The Hall–Kier alpha value is -3.08. The number of hydrogen-bond acceptors (Lipinski definition) is 5. The third kappa shape index (κ3) is 5.29. The summed E-state index contributed by atoms with van der Waals surface area (Å²) in [6, 6.07) is 9.15. The first-order valence-electron chi connectivity index (χ1n) is 10.7. The Kier molecular flexibility index (Phi) is 6.43. The summed E-state index contributed by atoms with van der Waals surface area (Å²) < 4.78 is 41.9.